The predicted octanol–water partition coefficient (Wildman–Crippen LogP) is 7.23. The van der Waals surface area contributed by atoms with Gasteiger partial charge in [0.2, 0.25) is 0 Å². The van der Waals surface area contributed by atoms with E-state index in [0.29, 0.717) is 12.0 Å². The van der Waals surface area contributed by atoms with Crippen molar-refractivity contribution in [2.45, 2.75) is 72.8 Å². The summed E-state index contributed by atoms with van der Waals surface area (Å²) in [6.07, 6.45) is 9.35. The van der Waals surface area contributed by atoms with Crippen molar-refractivity contribution < 1.29 is 9.53 Å². The maximum Gasteiger partial charge on any atom is 0.309 e. The molecule has 1 saturated carbocycles. The van der Waals surface area contributed by atoms with Crippen LogP contribution in [-0.2, 0) is 16.1 Å². The molecule has 0 bridgehead atoms. The molecule has 1 aliphatic heterocycles. The van der Waals surface area contributed by atoms with Crippen LogP contribution < -0.4 is 0 Å². The Hall–Kier alpha value is -2.13. The van der Waals surface area contributed by atoms with Gasteiger partial charge in [0, 0.05) is 6.54 Å². The molecule has 178 valence electrons. The lowest BCUT2D eigenvalue weighted by Crippen LogP contribution is -2.36. The zero-order valence-corrected chi connectivity index (χ0v) is 21.0. The number of piperidine rings is 1. The maximum absolute atomic E-state index is 12.0. The van der Waals surface area contributed by atoms with E-state index < -0.39 is 0 Å². The van der Waals surface area contributed by atoms with Gasteiger partial charge in [-0.3, -0.25) is 9.69 Å². The maximum atomic E-state index is 12.0. The van der Waals surface area contributed by atoms with Crippen molar-refractivity contribution in [2.24, 2.45) is 17.3 Å². The molecule has 0 atom stereocenters. The molecule has 1 aliphatic carbocycles. The lowest BCUT2D eigenvalue weighted by molar-refractivity contribution is -0.149. The molecule has 0 radical (unpaired) electrons. The second-order valence-electron chi connectivity index (χ2n) is 11.1. The number of esters is 1. The van der Waals surface area contributed by atoms with Crippen LogP contribution in [0.3, 0.4) is 0 Å². The molecule has 1 heterocycles. The van der Waals surface area contributed by atoms with Crippen LogP contribution in [0.1, 0.15) is 77.3 Å². The summed E-state index contributed by atoms with van der Waals surface area (Å²) in [6, 6.07) is 13.6. The van der Waals surface area contributed by atoms with Crippen LogP contribution in [0.15, 0.2) is 42.0 Å². The molecule has 4 rings (SSSR count). The van der Waals surface area contributed by atoms with Crippen molar-refractivity contribution in [3.63, 3.8) is 0 Å². The summed E-state index contributed by atoms with van der Waals surface area (Å²) in [5.41, 5.74) is 4.75. The SMILES string of the molecule is CCOC(=O)C1CCN(Cc2cccc3cc(C=C4CCC(C(C)(C)C)CC4)ccc23)CC1. The van der Waals surface area contributed by atoms with Gasteiger partial charge in [0.05, 0.1) is 12.5 Å². The second-order valence-corrected chi connectivity index (χ2v) is 11.1. The standard InChI is InChI=1S/C30H41NO2/c1-5-33-29(32)24-15-17-31(18-16-24)21-26-8-6-7-25-20-23(11-14-28(25)26)19-22-9-12-27(13-10-22)30(2,3)4/h6-8,11,14,19-20,24,27H,5,9-10,12-13,15-18,21H2,1-4H3. The Labute approximate surface area is 200 Å². The third-order valence-corrected chi connectivity index (χ3v) is 7.82. The molecule has 0 N–H and O–H groups in total. The van der Waals surface area contributed by atoms with Gasteiger partial charge in [0.15, 0.2) is 0 Å². The number of rotatable bonds is 5. The second kappa shape index (κ2) is 10.4. The normalized spacial score (nSPS) is 20.7. The lowest BCUT2D eigenvalue weighted by atomic mass is 9.71. The van der Waals surface area contributed by atoms with Gasteiger partial charge in [0.25, 0.3) is 0 Å². The van der Waals surface area contributed by atoms with Crippen molar-refractivity contribution in [1.29, 1.82) is 0 Å². The third-order valence-electron chi connectivity index (χ3n) is 7.82. The van der Waals surface area contributed by atoms with Gasteiger partial charge >= 0.3 is 5.97 Å². The first kappa shape index (κ1) is 24.0. The van der Waals surface area contributed by atoms with Crippen LogP contribution >= 0.6 is 0 Å². The molecule has 2 aromatic rings. The van der Waals surface area contributed by atoms with Crippen molar-refractivity contribution in [3.05, 3.63) is 53.1 Å². The van der Waals surface area contributed by atoms with E-state index in [1.165, 1.54) is 47.6 Å². The summed E-state index contributed by atoms with van der Waals surface area (Å²) in [5, 5.41) is 2.68. The van der Waals surface area contributed by atoms with Crippen LogP contribution in [0, 0.1) is 17.3 Å². The highest BCUT2D eigenvalue weighted by Crippen LogP contribution is 2.40. The zero-order chi connectivity index (χ0) is 23.4. The minimum atomic E-state index is -0.0177. The van der Waals surface area contributed by atoms with Crippen LogP contribution in [-0.4, -0.2) is 30.6 Å². The van der Waals surface area contributed by atoms with Gasteiger partial charge in [-0.05, 0) is 97.8 Å². The highest BCUT2D eigenvalue weighted by molar-refractivity contribution is 5.87. The third kappa shape index (κ3) is 6.06. The van der Waals surface area contributed by atoms with E-state index in [1.54, 1.807) is 5.57 Å². The zero-order valence-electron chi connectivity index (χ0n) is 21.0. The Balaban J connectivity index is 1.40. The molecule has 0 aromatic heterocycles. The van der Waals surface area contributed by atoms with Crippen molar-refractivity contribution in [3.8, 4) is 0 Å². The van der Waals surface area contributed by atoms with E-state index >= 15 is 0 Å². The minimum absolute atomic E-state index is 0.0177. The van der Waals surface area contributed by atoms with E-state index in [-0.39, 0.29) is 11.9 Å². The first-order valence-electron chi connectivity index (χ1n) is 12.9. The Bertz CT molecular complexity index is 982. The van der Waals surface area contributed by atoms with Gasteiger partial charge < -0.3 is 4.74 Å². The van der Waals surface area contributed by atoms with Crippen molar-refractivity contribution in [2.75, 3.05) is 19.7 Å². The Morgan fingerprint density at radius 1 is 1.06 bits per heavy atom. The summed E-state index contributed by atoms with van der Waals surface area (Å²) in [5.74, 6) is 0.898. The Morgan fingerprint density at radius 3 is 2.45 bits per heavy atom. The molecule has 2 fully saturated rings. The van der Waals surface area contributed by atoms with Crippen LogP contribution in [0.5, 0.6) is 0 Å². The predicted molar refractivity (Wildman–Crippen MR) is 138 cm³/mol. The fourth-order valence-corrected chi connectivity index (χ4v) is 5.66. The summed E-state index contributed by atoms with van der Waals surface area (Å²) in [6.45, 7) is 12.4. The van der Waals surface area contributed by atoms with Gasteiger partial charge in [-0.15, -0.1) is 0 Å². The topological polar surface area (TPSA) is 29.5 Å². The number of carbonyl (C=O) groups is 1. The molecular formula is C30H41NO2. The molecule has 0 amide bonds. The van der Waals surface area contributed by atoms with E-state index in [9.17, 15) is 4.79 Å². The fourth-order valence-electron chi connectivity index (χ4n) is 5.66. The summed E-state index contributed by atoms with van der Waals surface area (Å²) >= 11 is 0. The van der Waals surface area contributed by atoms with Gasteiger partial charge in [0.1, 0.15) is 0 Å². The molecule has 1 saturated heterocycles. The summed E-state index contributed by atoms with van der Waals surface area (Å²) < 4.78 is 5.22. The molecule has 0 spiro atoms. The van der Waals surface area contributed by atoms with Gasteiger partial charge in [-0.2, -0.15) is 0 Å². The number of carbonyl (C=O) groups excluding carboxylic acids is 1. The number of nitrogens with zero attached hydrogens (tertiary/aromatic N) is 1. The fraction of sp³-hybridized carbons (Fsp3) is 0.567. The smallest absolute Gasteiger partial charge is 0.309 e. The van der Waals surface area contributed by atoms with E-state index in [4.69, 9.17) is 4.74 Å². The number of likely N-dealkylation sites (tertiary alicyclic amines) is 1. The van der Waals surface area contributed by atoms with Crippen LogP contribution in [0.2, 0.25) is 0 Å². The highest BCUT2D eigenvalue weighted by Gasteiger charge is 2.28. The first-order valence-corrected chi connectivity index (χ1v) is 12.9. The lowest BCUT2D eigenvalue weighted by Gasteiger charge is -2.34. The number of benzene rings is 2. The number of hydrogen-bond donors (Lipinski definition) is 0. The van der Waals surface area contributed by atoms with E-state index in [1.807, 2.05) is 6.92 Å². The molecule has 3 heteroatoms. The Kier molecular flexibility index (Phi) is 7.58. The Morgan fingerprint density at radius 2 is 1.79 bits per heavy atom. The highest BCUT2D eigenvalue weighted by atomic mass is 16.5. The van der Waals surface area contributed by atoms with Gasteiger partial charge in [-0.25, -0.2) is 0 Å². The monoisotopic (exact) mass is 447 g/mol. The number of fused-ring (bicyclic) bond motifs is 1. The average Bonchev–Trinajstić information content (AvgIpc) is 2.79. The minimum Gasteiger partial charge on any atom is -0.466 e. The molecule has 3 nitrogen and oxygen atoms in total. The summed E-state index contributed by atoms with van der Waals surface area (Å²) in [4.78, 5) is 14.5. The van der Waals surface area contributed by atoms with Crippen molar-refractivity contribution in [1.82, 2.24) is 4.90 Å². The molecule has 0 unspecified atom stereocenters. The first-order chi connectivity index (χ1) is 15.8. The largest absolute Gasteiger partial charge is 0.466 e. The molecular weight excluding hydrogens is 406 g/mol. The van der Waals surface area contributed by atoms with E-state index in [0.717, 1.165) is 38.4 Å². The molecule has 2 aromatic carbocycles. The van der Waals surface area contributed by atoms with Gasteiger partial charge in [-0.1, -0.05) is 62.8 Å². The quantitative estimate of drug-likeness (QED) is 0.453. The van der Waals surface area contributed by atoms with Crippen LogP contribution in [0.4, 0.5) is 0 Å². The molecule has 33 heavy (non-hydrogen) atoms. The molecule has 2 aliphatic rings. The average molecular weight is 448 g/mol. The van der Waals surface area contributed by atoms with E-state index in [2.05, 4.69) is 68.1 Å². The summed E-state index contributed by atoms with van der Waals surface area (Å²) in [7, 11) is 0. The number of allylic oxidation sites excluding steroid dienone is 1. The van der Waals surface area contributed by atoms with Crippen LogP contribution in [0.25, 0.3) is 16.8 Å². The van der Waals surface area contributed by atoms with Crippen molar-refractivity contribution >= 4 is 22.8 Å². The number of hydrogen-bond acceptors (Lipinski definition) is 3. The number of ether oxygens (including phenoxy) is 1.